The molecule has 2 saturated heterocycles. The summed E-state index contributed by atoms with van der Waals surface area (Å²) in [5.41, 5.74) is 0.451. The van der Waals surface area contributed by atoms with E-state index < -0.39 is 0 Å². The van der Waals surface area contributed by atoms with Gasteiger partial charge < -0.3 is 14.7 Å². The van der Waals surface area contributed by atoms with Crippen LogP contribution in [0.3, 0.4) is 0 Å². The Balaban J connectivity index is 1.51. The number of hydrogen-bond acceptors (Lipinski definition) is 5. The number of rotatable bonds is 3. The number of nitrogens with one attached hydrogen (secondary N) is 1. The van der Waals surface area contributed by atoms with Crippen LogP contribution in [-0.2, 0) is 0 Å². The molecular weight excluding hydrogens is 252 g/mol. The van der Waals surface area contributed by atoms with Crippen molar-refractivity contribution >= 4 is 0 Å². The van der Waals surface area contributed by atoms with Gasteiger partial charge in [0.25, 0.3) is 0 Å². The van der Waals surface area contributed by atoms with E-state index in [0.717, 1.165) is 44.2 Å². The molecule has 0 spiro atoms. The van der Waals surface area contributed by atoms with Crippen LogP contribution >= 0.6 is 0 Å². The Hall–Kier alpha value is -0.940. The van der Waals surface area contributed by atoms with Crippen LogP contribution in [0.15, 0.2) is 4.52 Å². The molecule has 2 aliphatic heterocycles. The lowest BCUT2D eigenvalue weighted by Gasteiger charge is -2.40. The maximum absolute atomic E-state index is 5.32. The largest absolute Gasteiger partial charge is 0.339 e. The second-order valence-corrected chi connectivity index (χ2v) is 6.82. The molecule has 1 unspecified atom stereocenters. The van der Waals surface area contributed by atoms with Crippen LogP contribution in [0.4, 0.5) is 0 Å². The van der Waals surface area contributed by atoms with Crippen LogP contribution < -0.4 is 5.32 Å². The quantitative estimate of drug-likeness (QED) is 0.916. The zero-order valence-corrected chi connectivity index (χ0v) is 12.7. The highest BCUT2D eigenvalue weighted by Crippen LogP contribution is 2.31. The van der Waals surface area contributed by atoms with Gasteiger partial charge in [-0.15, -0.1) is 0 Å². The fourth-order valence-corrected chi connectivity index (χ4v) is 3.61. The van der Waals surface area contributed by atoms with Crippen molar-refractivity contribution in [3.63, 3.8) is 0 Å². The van der Waals surface area contributed by atoms with Gasteiger partial charge >= 0.3 is 0 Å². The van der Waals surface area contributed by atoms with E-state index in [9.17, 15) is 0 Å². The zero-order chi connectivity index (χ0) is 14.0. The van der Waals surface area contributed by atoms with Gasteiger partial charge in [-0.05, 0) is 57.7 Å². The van der Waals surface area contributed by atoms with Crippen molar-refractivity contribution in [2.75, 3.05) is 32.7 Å². The lowest BCUT2D eigenvalue weighted by atomic mass is 9.81. The lowest BCUT2D eigenvalue weighted by Crippen LogP contribution is -2.47. The van der Waals surface area contributed by atoms with Gasteiger partial charge in [0.2, 0.25) is 5.89 Å². The van der Waals surface area contributed by atoms with Gasteiger partial charge in [0.05, 0.1) is 0 Å². The average Bonchev–Trinajstić information content (AvgIpc) is 2.87. The summed E-state index contributed by atoms with van der Waals surface area (Å²) in [4.78, 5) is 7.00. The first-order valence-electron chi connectivity index (χ1n) is 7.88. The van der Waals surface area contributed by atoms with Crippen molar-refractivity contribution in [1.82, 2.24) is 20.4 Å². The molecule has 20 heavy (non-hydrogen) atoms. The number of aromatic nitrogens is 2. The third kappa shape index (κ3) is 3.20. The first-order chi connectivity index (χ1) is 9.65. The van der Waals surface area contributed by atoms with Crippen molar-refractivity contribution in [2.45, 2.75) is 45.4 Å². The van der Waals surface area contributed by atoms with Crippen LogP contribution in [-0.4, -0.2) is 47.8 Å². The Bertz CT molecular complexity index is 431. The normalized spacial score (nSPS) is 29.7. The van der Waals surface area contributed by atoms with Crippen molar-refractivity contribution in [3.05, 3.63) is 11.7 Å². The second kappa shape index (κ2) is 5.82. The van der Waals surface area contributed by atoms with E-state index in [1.807, 2.05) is 6.92 Å². The van der Waals surface area contributed by atoms with E-state index in [1.54, 1.807) is 0 Å². The fourth-order valence-electron chi connectivity index (χ4n) is 3.61. The number of likely N-dealkylation sites (tertiary alicyclic amines) is 1. The van der Waals surface area contributed by atoms with Crippen molar-refractivity contribution in [2.24, 2.45) is 5.41 Å². The average molecular weight is 278 g/mol. The Labute approximate surface area is 121 Å². The fraction of sp³-hybridized carbons (Fsp3) is 0.867. The van der Waals surface area contributed by atoms with E-state index >= 15 is 0 Å². The number of nitrogens with zero attached hydrogens (tertiary/aromatic N) is 3. The summed E-state index contributed by atoms with van der Waals surface area (Å²) in [6.07, 6.45) is 4.95. The third-order valence-corrected chi connectivity index (χ3v) is 4.77. The van der Waals surface area contributed by atoms with Gasteiger partial charge in [0.15, 0.2) is 5.82 Å². The summed E-state index contributed by atoms with van der Waals surface area (Å²) < 4.78 is 5.32. The first kappa shape index (κ1) is 14.0. The molecule has 0 aromatic carbocycles. The molecule has 5 nitrogen and oxygen atoms in total. The Morgan fingerprint density at radius 1 is 1.40 bits per heavy atom. The minimum Gasteiger partial charge on any atom is -0.339 e. The molecule has 112 valence electrons. The molecule has 1 aromatic heterocycles. The summed E-state index contributed by atoms with van der Waals surface area (Å²) in [5, 5.41) is 7.45. The van der Waals surface area contributed by atoms with Gasteiger partial charge in [0.1, 0.15) is 0 Å². The smallest absolute Gasteiger partial charge is 0.229 e. The van der Waals surface area contributed by atoms with Crippen LogP contribution in [0.1, 0.15) is 50.2 Å². The second-order valence-electron chi connectivity index (χ2n) is 6.82. The minimum absolute atomic E-state index is 0.451. The topological polar surface area (TPSA) is 54.2 Å². The van der Waals surface area contributed by atoms with Gasteiger partial charge in [-0.25, -0.2) is 0 Å². The van der Waals surface area contributed by atoms with Crippen molar-refractivity contribution in [3.8, 4) is 0 Å². The molecule has 2 aliphatic rings. The van der Waals surface area contributed by atoms with Crippen LogP contribution in [0.2, 0.25) is 0 Å². The van der Waals surface area contributed by atoms with Crippen molar-refractivity contribution < 1.29 is 4.52 Å². The van der Waals surface area contributed by atoms with E-state index in [1.165, 1.54) is 25.9 Å². The Kier molecular flexibility index (Phi) is 4.08. The SMILES string of the molecule is Cc1noc(C2CCN(CC3(C)CCCNC3)CC2)n1. The molecule has 0 saturated carbocycles. The van der Waals surface area contributed by atoms with Crippen molar-refractivity contribution in [1.29, 1.82) is 0 Å². The maximum atomic E-state index is 5.32. The van der Waals surface area contributed by atoms with E-state index in [0.29, 0.717) is 11.3 Å². The Morgan fingerprint density at radius 2 is 2.20 bits per heavy atom. The molecule has 3 rings (SSSR count). The van der Waals surface area contributed by atoms with E-state index in [2.05, 4.69) is 27.3 Å². The predicted molar refractivity (Wildman–Crippen MR) is 77.7 cm³/mol. The monoisotopic (exact) mass is 278 g/mol. The van der Waals surface area contributed by atoms with E-state index in [-0.39, 0.29) is 0 Å². The molecule has 1 aromatic rings. The molecule has 5 heteroatoms. The highest BCUT2D eigenvalue weighted by molar-refractivity contribution is 4.96. The Morgan fingerprint density at radius 3 is 2.80 bits per heavy atom. The molecule has 0 bridgehead atoms. The molecule has 1 atom stereocenters. The number of piperidine rings is 2. The third-order valence-electron chi connectivity index (χ3n) is 4.77. The molecular formula is C15H26N4O. The summed E-state index contributed by atoms with van der Waals surface area (Å²) >= 11 is 0. The van der Waals surface area contributed by atoms with Crippen LogP contribution in [0.25, 0.3) is 0 Å². The number of aryl methyl sites for hydroxylation is 1. The lowest BCUT2D eigenvalue weighted by molar-refractivity contribution is 0.106. The van der Waals surface area contributed by atoms with Gasteiger partial charge in [-0.2, -0.15) is 4.98 Å². The predicted octanol–water partition coefficient (Wildman–Crippen LogP) is 1.95. The highest BCUT2D eigenvalue weighted by Gasteiger charge is 2.32. The first-order valence-corrected chi connectivity index (χ1v) is 7.88. The summed E-state index contributed by atoms with van der Waals surface area (Å²) in [5.74, 6) is 2.06. The maximum Gasteiger partial charge on any atom is 0.229 e. The zero-order valence-electron chi connectivity index (χ0n) is 12.7. The van der Waals surface area contributed by atoms with E-state index in [4.69, 9.17) is 4.52 Å². The molecule has 0 aliphatic carbocycles. The minimum atomic E-state index is 0.451. The van der Waals surface area contributed by atoms with Gasteiger partial charge in [-0.3, -0.25) is 0 Å². The van der Waals surface area contributed by atoms with Gasteiger partial charge in [-0.1, -0.05) is 12.1 Å². The molecule has 1 N–H and O–H groups in total. The summed E-state index contributed by atoms with van der Waals surface area (Å²) in [7, 11) is 0. The molecule has 0 amide bonds. The van der Waals surface area contributed by atoms with Gasteiger partial charge in [0, 0.05) is 19.0 Å². The summed E-state index contributed by atoms with van der Waals surface area (Å²) in [6.45, 7) is 10.2. The molecule has 0 radical (unpaired) electrons. The van der Waals surface area contributed by atoms with Crippen LogP contribution in [0, 0.1) is 12.3 Å². The number of hydrogen-bond donors (Lipinski definition) is 1. The molecule has 2 fully saturated rings. The highest BCUT2D eigenvalue weighted by atomic mass is 16.5. The standard InChI is InChI=1S/C15H26N4O/c1-12-17-14(20-18-12)13-4-8-19(9-5-13)11-15(2)6-3-7-16-10-15/h13,16H,3-11H2,1-2H3. The van der Waals surface area contributed by atoms with Crippen LogP contribution in [0.5, 0.6) is 0 Å². The summed E-state index contributed by atoms with van der Waals surface area (Å²) in [6, 6.07) is 0. The molecule has 3 heterocycles.